The van der Waals surface area contributed by atoms with Gasteiger partial charge in [0.1, 0.15) is 18.2 Å². The predicted octanol–water partition coefficient (Wildman–Crippen LogP) is 4.58. The Kier molecular flexibility index (Phi) is 6.15. The number of hydrogen-bond donors (Lipinski definition) is 3. The van der Waals surface area contributed by atoms with Crippen LogP contribution in [0.4, 0.5) is 0 Å². The van der Waals surface area contributed by atoms with Gasteiger partial charge >= 0.3 is 0 Å². The summed E-state index contributed by atoms with van der Waals surface area (Å²) in [5.41, 5.74) is 4.33. The van der Waals surface area contributed by atoms with E-state index in [1.807, 2.05) is 18.2 Å². The number of hydrogen-bond acceptors (Lipinski definition) is 6. The van der Waals surface area contributed by atoms with Crippen molar-refractivity contribution < 1.29 is 14.6 Å². The van der Waals surface area contributed by atoms with Crippen molar-refractivity contribution in [3.8, 4) is 22.9 Å². The quantitative estimate of drug-likeness (QED) is 0.385. The van der Waals surface area contributed by atoms with Gasteiger partial charge in [0.05, 0.1) is 36.0 Å². The zero-order valence-electron chi connectivity index (χ0n) is 19.1. The number of nitrogens with zero attached hydrogens (tertiary/aromatic N) is 2. The predicted molar refractivity (Wildman–Crippen MR) is 130 cm³/mol. The lowest BCUT2D eigenvalue weighted by Crippen LogP contribution is -2.50. The molecule has 2 aromatic carbocycles. The summed E-state index contributed by atoms with van der Waals surface area (Å²) in [6, 6.07) is 12.3. The van der Waals surface area contributed by atoms with Crippen LogP contribution in [0.3, 0.4) is 0 Å². The van der Waals surface area contributed by atoms with Crippen molar-refractivity contribution in [2.75, 3.05) is 19.8 Å². The average Bonchev–Trinajstić information content (AvgIpc) is 3.17. The first-order valence-corrected chi connectivity index (χ1v) is 11.7. The second kappa shape index (κ2) is 9.37. The van der Waals surface area contributed by atoms with E-state index in [0.717, 1.165) is 60.0 Å². The molecule has 0 aliphatic carbocycles. The lowest BCUT2D eigenvalue weighted by Gasteiger charge is -2.31. The molecule has 3 heterocycles. The molecule has 0 radical (unpaired) electrons. The Morgan fingerprint density at radius 2 is 2.03 bits per heavy atom. The van der Waals surface area contributed by atoms with E-state index in [2.05, 4.69) is 52.3 Å². The highest BCUT2D eigenvalue weighted by Gasteiger charge is 2.24. The summed E-state index contributed by atoms with van der Waals surface area (Å²) in [4.78, 5) is 12.1. The molecular weight excluding hydrogens is 416 g/mol. The first kappa shape index (κ1) is 21.7. The Labute approximate surface area is 193 Å². The monoisotopic (exact) mass is 446 g/mol. The van der Waals surface area contributed by atoms with Crippen LogP contribution in [0.15, 0.2) is 42.7 Å². The number of H-pyrrole nitrogens is 1. The van der Waals surface area contributed by atoms with Gasteiger partial charge in [-0.1, -0.05) is 32.4 Å². The minimum absolute atomic E-state index is 0.0130. The molecule has 172 valence electrons. The molecule has 2 aromatic heterocycles. The number of aromatic amines is 1. The molecule has 5 rings (SSSR count). The molecule has 0 amide bonds. The maximum Gasteiger partial charge on any atom is 0.199 e. The molecule has 1 saturated heterocycles. The Balaban J connectivity index is 1.50. The van der Waals surface area contributed by atoms with E-state index < -0.39 is 0 Å². The fraction of sp³-hybridized carbons (Fsp3) is 0.385. The molecule has 1 fully saturated rings. The number of aromatic hydroxyl groups is 1. The van der Waals surface area contributed by atoms with Gasteiger partial charge in [0.25, 0.3) is 0 Å². The summed E-state index contributed by atoms with van der Waals surface area (Å²) >= 11 is 0. The zero-order valence-corrected chi connectivity index (χ0v) is 19.1. The van der Waals surface area contributed by atoms with Crippen LogP contribution in [-0.2, 0) is 11.2 Å². The standard InChI is InChI=1S/C26H30N4O3/c1-3-5-16-6-8-18-21(12-16)30-26(31)24(18)25-19-9-7-17(13-20(19)28-15-29-25)33-23(4-2)22-14-32-11-10-27-22/h6-9,12-13,15,22-23,27,30-31H,3-5,10-11,14H2,1-2H3. The van der Waals surface area contributed by atoms with Gasteiger partial charge in [-0.2, -0.15) is 0 Å². The number of ether oxygens (including phenoxy) is 2. The van der Waals surface area contributed by atoms with Gasteiger partial charge in [-0.05, 0) is 36.6 Å². The number of benzene rings is 2. The van der Waals surface area contributed by atoms with E-state index in [4.69, 9.17) is 9.47 Å². The highest BCUT2D eigenvalue weighted by Crippen LogP contribution is 2.39. The first-order chi connectivity index (χ1) is 16.2. The average molecular weight is 447 g/mol. The minimum atomic E-state index is 0.0130. The van der Waals surface area contributed by atoms with Crippen molar-refractivity contribution >= 4 is 21.8 Å². The second-order valence-corrected chi connectivity index (χ2v) is 8.58. The molecular formula is C26H30N4O3. The van der Waals surface area contributed by atoms with Gasteiger partial charge in [0.15, 0.2) is 5.88 Å². The summed E-state index contributed by atoms with van der Waals surface area (Å²) in [5.74, 6) is 0.882. The lowest BCUT2D eigenvalue weighted by atomic mass is 10.0. The van der Waals surface area contributed by atoms with Crippen LogP contribution < -0.4 is 10.1 Å². The zero-order chi connectivity index (χ0) is 22.8. The Morgan fingerprint density at radius 3 is 2.82 bits per heavy atom. The van der Waals surface area contributed by atoms with Crippen LogP contribution in [0.2, 0.25) is 0 Å². The largest absolute Gasteiger partial charge is 0.494 e. The molecule has 3 N–H and O–H groups in total. The molecule has 1 aliphatic rings. The van der Waals surface area contributed by atoms with Gasteiger partial charge in [0.2, 0.25) is 0 Å². The van der Waals surface area contributed by atoms with E-state index in [-0.39, 0.29) is 18.0 Å². The van der Waals surface area contributed by atoms with Gasteiger partial charge < -0.3 is 24.9 Å². The topological polar surface area (TPSA) is 92.3 Å². The van der Waals surface area contributed by atoms with Gasteiger partial charge in [0, 0.05) is 28.9 Å². The summed E-state index contributed by atoms with van der Waals surface area (Å²) in [6.07, 6.45) is 4.51. The third-order valence-corrected chi connectivity index (χ3v) is 6.32. The molecule has 0 spiro atoms. The second-order valence-electron chi connectivity index (χ2n) is 8.58. The first-order valence-electron chi connectivity index (χ1n) is 11.7. The maximum absolute atomic E-state index is 10.8. The summed E-state index contributed by atoms with van der Waals surface area (Å²) < 4.78 is 11.9. The number of aryl methyl sites for hydroxylation is 1. The van der Waals surface area contributed by atoms with Crippen LogP contribution in [0.25, 0.3) is 33.1 Å². The third kappa shape index (κ3) is 4.26. The van der Waals surface area contributed by atoms with Crippen molar-refractivity contribution in [3.63, 3.8) is 0 Å². The number of morpholine rings is 1. The number of rotatable bonds is 7. The molecule has 0 bridgehead atoms. The molecule has 1 aliphatic heterocycles. The van der Waals surface area contributed by atoms with E-state index in [1.165, 1.54) is 5.56 Å². The summed E-state index contributed by atoms with van der Waals surface area (Å²) in [7, 11) is 0. The third-order valence-electron chi connectivity index (χ3n) is 6.32. The fourth-order valence-electron chi connectivity index (χ4n) is 4.67. The maximum atomic E-state index is 10.8. The molecule has 33 heavy (non-hydrogen) atoms. The SMILES string of the molecule is CCCc1ccc2c(-c3ncnc4cc(OC(CC)C5COCCN5)ccc34)c(O)[nH]c2c1. The van der Waals surface area contributed by atoms with E-state index in [9.17, 15) is 5.11 Å². The molecule has 0 saturated carbocycles. The minimum Gasteiger partial charge on any atom is -0.494 e. The highest BCUT2D eigenvalue weighted by molar-refractivity contribution is 6.05. The van der Waals surface area contributed by atoms with E-state index in [0.29, 0.717) is 17.9 Å². The molecule has 2 unspecified atom stereocenters. The highest BCUT2D eigenvalue weighted by atomic mass is 16.5. The number of aromatic nitrogens is 3. The van der Waals surface area contributed by atoms with Crippen LogP contribution in [0.5, 0.6) is 11.6 Å². The van der Waals surface area contributed by atoms with Crippen molar-refractivity contribution in [1.82, 2.24) is 20.3 Å². The van der Waals surface area contributed by atoms with Crippen molar-refractivity contribution in [2.45, 2.75) is 45.3 Å². The lowest BCUT2D eigenvalue weighted by molar-refractivity contribution is 0.0267. The van der Waals surface area contributed by atoms with Crippen LogP contribution in [-0.4, -0.2) is 52.0 Å². The molecule has 7 heteroatoms. The van der Waals surface area contributed by atoms with Gasteiger partial charge in [-0.3, -0.25) is 0 Å². The van der Waals surface area contributed by atoms with Crippen LogP contribution in [0, 0.1) is 0 Å². The van der Waals surface area contributed by atoms with E-state index >= 15 is 0 Å². The molecule has 7 nitrogen and oxygen atoms in total. The molecule has 2 atom stereocenters. The Hall–Kier alpha value is -3.16. The van der Waals surface area contributed by atoms with Gasteiger partial charge in [-0.25, -0.2) is 9.97 Å². The van der Waals surface area contributed by atoms with Crippen LogP contribution in [0.1, 0.15) is 32.3 Å². The van der Waals surface area contributed by atoms with Crippen molar-refractivity contribution in [3.05, 3.63) is 48.3 Å². The van der Waals surface area contributed by atoms with Gasteiger partial charge in [-0.15, -0.1) is 0 Å². The van der Waals surface area contributed by atoms with Crippen LogP contribution >= 0.6 is 0 Å². The number of fused-ring (bicyclic) bond motifs is 2. The smallest absolute Gasteiger partial charge is 0.199 e. The Morgan fingerprint density at radius 1 is 1.15 bits per heavy atom. The summed E-state index contributed by atoms with van der Waals surface area (Å²) in [5, 5.41) is 16.1. The normalized spacial score (nSPS) is 17.5. The summed E-state index contributed by atoms with van der Waals surface area (Å²) in [6.45, 7) is 6.51. The van der Waals surface area contributed by atoms with E-state index in [1.54, 1.807) is 6.33 Å². The van der Waals surface area contributed by atoms with Crippen molar-refractivity contribution in [1.29, 1.82) is 0 Å². The van der Waals surface area contributed by atoms with Crippen molar-refractivity contribution in [2.24, 2.45) is 0 Å². The number of nitrogens with one attached hydrogen (secondary N) is 2. The Bertz CT molecular complexity index is 1260. The molecule has 4 aromatic rings. The fourth-order valence-corrected chi connectivity index (χ4v) is 4.67.